The predicted octanol–water partition coefficient (Wildman–Crippen LogP) is 4.04. The summed E-state index contributed by atoms with van der Waals surface area (Å²) in [5, 5.41) is 0. The molecule has 0 radical (unpaired) electrons. The van der Waals surface area contributed by atoms with E-state index in [-0.39, 0.29) is 12.1 Å². The molecule has 134 valence electrons. The van der Waals surface area contributed by atoms with Gasteiger partial charge < -0.3 is 18.5 Å². The van der Waals surface area contributed by atoms with Crippen molar-refractivity contribution in [3.63, 3.8) is 0 Å². The first-order valence-corrected chi connectivity index (χ1v) is 9.94. The van der Waals surface area contributed by atoms with Gasteiger partial charge in [-0.3, -0.25) is 4.57 Å². The van der Waals surface area contributed by atoms with Gasteiger partial charge in [-0.05, 0) is 0 Å². The summed E-state index contributed by atoms with van der Waals surface area (Å²) in [5.74, 6) is -1.02. The highest BCUT2D eigenvalue weighted by molar-refractivity contribution is 7.53. The van der Waals surface area contributed by atoms with Crippen molar-refractivity contribution in [3.05, 3.63) is 71.8 Å². The summed E-state index contributed by atoms with van der Waals surface area (Å²) in [4.78, 5) is 0. The molecule has 1 saturated heterocycles. The van der Waals surface area contributed by atoms with E-state index in [1.807, 2.05) is 60.7 Å². The summed E-state index contributed by atoms with van der Waals surface area (Å²) in [6.07, 6.45) is 0.264. The Balaban J connectivity index is 1.84. The highest BCUT2D eigenvalue weighted by atomic mass is 31.2. The molecule has 25 heavy (non-hydrogen) atoms. The number of hydrogen-bond donors (Lipinski definition) is 0. The highest BCUT2D eigenvalue weighted by Gasteiger charge is 2.42. The molecule has 1 aliphatic heterocycles. The molecule has 0 spiro atoms. The Morgan fingerprint density at radius 1 is 0.920 bits per heavy atom. The van der Waals surface area contributed by atoms with Crippen LogP contribution < -0.4 is 0 Å². The molecule has 5 nitrogen and oxygen atoms in total. The summed E-state index contributed by atoms with van der Waals surface area (Å²) >= 11 is 0. The molecular weight excluding hydrogens is 339 g/mol. The van der Waals surface area contributed by atoms with Crippen molar-refractivity contribution in [2.24, 2.45) is 5.92 Å². The molecule has 3 rings (SSSR count). The van der Waals surface area contributed by atoms with Crippen LogP contribution in [0.2, 0.25) is 0 Å². The normalized spacial score (nSPS) is 18.2. The van der Waals surface area contributed by atoms with Crippen LogP contribution in [0.25, 0.3) is 0 Å². The second-order valence-corrected chi connectivity index (χ2v) is 8.31. The molecule has 0 atom stereocenters. The minimum absolute atomic E-state index is 0.0636. The van der Waals surface area contributed by atoms with Crippen LogP contribution in [-0.2, 0) is 28.9 Å². The molecule has 0 unspecified atom stereocenters. The molecule has 0 saturated carbocycles. The molecule has 0 N–H and O–H groups in total. The van der Waals surface area contributed by atoms with E-state index in [1.165, 1.54) is 14.2 Å². The van der Waals surface area contributed by atoms with E-state index in [0.29, 0.717) is 13.2 Å². The number of hydrogen-bond acceptors (Lipinski definition) is 5. The summed E-state index contributed by atoms with van der Waals surface area (Å²) < 4.78 is 34.9. The Morgan fingerprint density at radius 2 is 1.36 bits per heavy atom. The third-order valence-electron chi connectivity index (χ3n) is 4.39. The number of benzene rings is 2. The maximum absolute atomic E-state index is 12.4. The zero-order valence-electron chi connectivity index (χ0n) is 14.5. The molecule has 1 heterocycles. The Kier molecular flexibility index (Phi) is 5.72. The van der Waals surface area contributed by atoms with Crippen LogP contribution in [0.4, 0.5) is 0 Å². The van der Waals surface area contributed by atoms with E-state index in [9.17, 15) is 4.57 Å². The van der Waals surface area contributed by atoms with E-state index >= 15 is 0 Å². The van der Waals surface area contributed by atoms with Gasteiger partial charge in [0.15, 0.2) is 0 Å². The summed E-state index contributed by atoms with van der Waals surface area (Å²) in [6.45, 7) is 0.807. The lowest BCUT2D eigenvalue weighted by atomic mass is 9.95. The molecular formula is C19H23O5P. The highest BCUT2D eigenvalue weighted by Crippen LogP contribution is 2.49. The third kappa shape index (κ3) is 3.86. The monoisotopic (exact) mass is 362 g/mol. The predicted molar refractivity (Wildman–Crippen MR) is 95.5 cm³/mol. The fourth-order valence-electron chi connectivity index (χ4n) is 3.02. The Labute approximate surface area is 148 Å². The van der Waals surface area contributed by atoms with Crippen LogP contribution in [-0.4, -0.2) is 33.6 Å². The largest absolute Gasteiger partial charge is 0.342 e. The maximum Gasteiger partial charge on any atom is 0.330 e. The van der Waals surface area contributed by atoms with E-state index in [4.69, 9.17) is 18.5 Å². The topological polar surface area (TPSA) is 54.0 Å². The first-order chi connectivity index (χ1) is 12.1. The van der Waals surface area contributed by atoms with E-state index in [2.05, 4.69) is 0 Å². The van der Waals surface area contributed by atoms with Crippen molar-refractivity contribution in [3.8, 4) is 0 Å². The van der Waals surface area contributed by atoms with Gasteiger partial charge in [0.25, 0.3) is 0 Å². The van der Waals surface area contributed by atoms with Crippen molar-refractivity contribution < 1.29 is 23.1 Å². The fourth-order valence-corrected chi connectivity index (χ4v) is 4.31. The van der Waals surface area contributed by atoms with Crippen LogP contribution in [0.15, 0.2) is 60.7 Å². The molecule has 2 aromatic carbocycles. The average Bonchev–Trinajstić information content (AvgIpc) is 2.70. The van der Waals surface area contributed by atoms with E-state index in [0.717, 1.165) is 11.1 Å². The minimum Gasteiger partial charge on any atom is -0.342 e. The van der Waals surface area contributed by atoms with Crippen LogP contribution in [0, 0.1) is 5.92 Å². The molecule has 0 aliphatic carbocycles. The second kappa shape index (κ2) is 7.81. The number of rotatable bonds is 6. The van der Waals surface area contributed by atoms with E-state index in [1.54, 1.807) is 0 Å². The van der Waals surface area contributed by atoms with Gasteiger partial charge in [0.2, 0.25) is 5.79 Å². The van der Waals surface area contributed by atoms with Gasteiger partial charge in [-0.25, -0.2) is 0 Å². The lowest BCUT2D eigenvalue weighted by Crippen LogP contribution is -2.43. The van der Waals surface area contributed by atoms with Gasteiger partial charge in [-0.15, -0.1) is 0 Å². The number of ether oxygens (including phenoxy) is 2. The summed E-state index contributed by atoms with van der Waals surface area (Å²) in [7, 11) is -0.304. The molecule has 1 fully saturated rings. The van der Waals surface area contributed by atoms with Crippen molar-refractivity contribution in [2.45, 2.75) is 5.79 Å². The molecule has 1 aliphatic rings. The molecule has 6 heteroatoms. The maximum atomic E-state index is 12.4. The third-order valence-corrected chi connectivity index (χ3v) is 6.47. The Hall–Kier alpha value is -1.49. The average molecular weight is 362 g/mol. The fraction of sp³-hybridized carbons (Fsp3) is 0.368. The van der Waals surface area contributed by atoms with Crippen molar-refractivity contribution >= 4 is 7.60 Å². The lowest BCUT2D eigenvalue weighted by Gasteiger charge is -2.41. The molecule has 2 aromatic rings. The minimum atomic E-state index is -3.10. The summed E-state index contributed by atoms with van der Waals surface area (Å²) in [5.41, 5.74) is 1.86. The van der Waals surface area contributed by atoms with Crippen molar-refractivity contribution in [1.29, 1.82) is 0 Å². The molecule has 0 aromatic heterocycles. The van der Waals surface area contributed by atoms with Crippen LogP contribution >= 0.6 is 7.60 Å². The summed E-state index contributed by atoms with van der Waals surface area (Å²) in [6, 6.07) is 19.7. The second-order valence-electron chi connectivity index (χ2n) is 6.00. The first-order valence-electron chi connectivity index (χ1n) is 8.21. The van der Waals surface area contributed by atoms with E-state index < -0.39 is 13.4 Å². The zero-order valence-corrected chi connectivity index (χ0v) is 15.4. The Bertz CT molecular complexity index is 662. The standard InChI is InChI=1S/C19H23O5P/c1-21-25(20,22-2)15-16-13-23-19(24-14-16,17-9-5-3-6-10-17)18-11-7-4-8-12-18/h3-12,16H,13-15H2,1-2H3. The SMILES string of the molecule is COP(=O)(CC1COC(c2ccccc2)(c2ccccc2)OC1)OC. The quantitative estimate of drug-likeness (QED) is 0.726. The van der Waals surface area contributed by atoms with Crippen molar-refractivity contribution in [1.82, 2.24) is 0 Å². The Morgan fingerprint density at radius 3 is 1.76 bits per heavy atom. The van der Waals surface area contributed by atoms with Gasteiger partial charge in [0.1, 0.15) is 0 Å². The zero-order chi connectivity index (χ0) is 17.8. The smallest absolute Gasteiger partial charge is 0.330 e. The van der Waals surface area contributed by atoms with Gasteiger partial charge in [-0.2, -0.15) is 0 Å². The van der Waals surface area contributed by atoms with Crippen molar-refractivity contribution in [2.75, 3.05) is 33.6 Å². The van der Waals surface area contributed by atoms with Crippen LogP contribution in [0.1, 0.15) is 11.1 Å². The van der Waals surface area contributed by atoms with Gasteiger partial charge in [0, 0.05) is 31.3 Å². The van der Waals surface area contributed by atoms with Crippen LogP contribution in [0.3, 0.4) is 0 Å². The van der Waals surface area contributed by atoms with Crippen LogP contribution in [0.5, 0.6) is 0 Å². The first kappa shape index (κ1) is 18.3. The van der Waals surface area contributed by atoms with Gasteiger partial charge in [0.05, 0.1) is 19.4 Å². The van der Waals surface area contributed by atoms with Gasteiger partial charge in [-0.1, -0.05) is 60.7 Å². The van der Waals surface area contributed by atoms with Gasteiger partial charge >= 0.3 is 7.60 Å². The molecule has 0 bridgehead atoms. The molecule has 0 amide bonds. The lowest BCUT2D eigenvalue weighted by molar-refractivity contribution is -0.264.